The monoisotopic (exact) mass is 310 g/mol. The van der Waals surface area contributed by atoms with Crippen LogP contribution in [0, 0.1) is 5.41 Å². The molecule has 23 heavy (non-hydrogen) atoms. The SMILES string of the molecule is C=Cc1cnc(C(=N)c2ccc(NC)c(O)c2)c(NC(C)C)c1. The third-order valence-electron chi connectivity index (χ3n) is 3.38. The number of nitrogens with zero attached hydrogens (tertiary/aromatic N) is 1. The fourth-order valence-electron chi connectivity index (χ4n) is 2.25. The first kappa shape index (κ1) is 16.5. The lowest BCUT2D eigenvalue weighted by Crippen LogP contribution is -2.15. The molecule has 120 valence electrons. The quantitative estimate of drug-likeness (QED) is 0.484. The molecule has 0 atom stereocenters. The van der Waals surface area contributed by atoms with Gasteiger partial charge in [0.25, 0.3) is 0 Å². The van der Waals surface area contributed by atoms with Crippen molar-refractivity contribution >= 4 is 23.2 Å². The number of aromatic hydroxyl groups is 1. The van der Waals surface area contributed by atoms with Crippen molar-refractivity contribution in [2.75, 3.05) is 17.7 Å². The van der Waals surface area contributed by atoms with Crippen LogP contribution in [0.3, 0.4) is 0 Å². The zero-order valence-electron chi connectivity index (χ0n) is 13.6. The van der Waals surface area contributed by atoms with Gasteiger partial charge in [-0.2, -0.15) is 0 Å². The zero-order valence-corrected chi connectivity index (χ0v) is 13.6. The van der Waals surface area contributed by atoms with Crippen molar-refractivity contribution in [3.63, 3.8) is 0 Å². The van der Waals surface area contributed by atoms with Gasteiger partial charge in [0.15, 0.2) is 0 Å². The second kappa shape index (κ2) is 6.96. The summed E-state index contributed by atoms with van der Waals surface area (Å²) in [5, 5.41) is 24.6. The summed E-state index contributed by atoms with van der Waals surface area (Å²) < 4.78 is 0. The predicted octanol–water partition coefficient (Wildman–Crippen LogP) is 3.71. The average molecular weight is 310 g/mol. The molecule has 5 heteroatoms. The van der Waals surface area contributed by atoms with Gasteiger partial charge in [0.2, 0.25) is 0 Å². The summed E-state index contributed by atoms with van der Waals surface area (Å²) in [4.78, 5) is 4.40. The first-order chi connectivity index (χ1) is 11.0. The lowest BCUT2D eigenvalue weighted by Gasteiger charge is -2.16. The van der Waals surface area contributed by atoms with E-state index in [0.717, 1.165) is 11.3 Å². The van der Waals surface area contributed by atoms with Gasteiger partial charge in [-0.1, -0.05) is 18.7 Å². The molecule has 1 aromatic heterocycles. The molecular formula is C18H22N4O. The van der Waals surface area contributed by atoms with E-state index in [1.165, 1.54) is 0 Å². The topological polar surface area (TPSA) is 81.0 Å². The number of anilines is 2. The van der Waals surface area contributed by atoms with Gasteiger partial charge < -0.3 is 15.7 Å². The third-order valence-corrected chi connectivity index (χ3v) is 3.38. The molecule has 0 aliphatic rings. The number of hydrogen-bond acceptors (Lipinski definition) is 5. The highest BCUT2D eigenvalue weighted by molar-refractivity contribution is 6.13. The maximum Gasteiger partial charge on any atom is 0.139 e. The molecule has 0 radical (unpaired) electrons. The minimum absolute atomic E-state index is 0.107. The summed E-state index contributed by atoms with van der Waals surface area (Å²) in [6.07, 6.45) is 3.41. The van der Waals surface area contributed by atoms with E-state index >= 15 is 0 Å². The summed E-state index contributed by atoms with van der Waals surface area (Å²) in [5.74, 6) is 0.107. The Morgan fingerprint density at radius 1 is 1.30 bits per heavy atom. The van der Waals surface area contributed by atoms with Crippen LogP contribution in [0.4, 0.5) is 11.4 Å². The van der Waals surface area contributed by atoms with E-state index in [4.69, 9.17) is 5.41 Å². The minimum atomic E-state index is 0.107. The van der Waals surface area contributed by atoms with Crippen LogP contribution in [0.1, 0.15) is 30.7 Å². The Hall–Kier alpha value is -2.82. The first-order valence-corrected chi connectivity index (χ1v) is 7.45. The second-order valence-electron chi connectivity index (χ2n) is 5.52. The van der Waals surface area contributed by atoms with Crippen LogP contribution >= 0.6 is 0 Å². The molecule has 4 N–H and O–H groups in total. The third kappa shape index (κ3) is 3.69. The van der Waals surface area contributed by atoms with Crippen LogP contribution in [0.2, 0.25) is 0 Å². The van der Waals surface area contributed by atoms with E-state index in [-0.39, 0.29) is 17.5 Å². The van der Waals surface area contributed by atoms with Gasteiger partial charge in [-0.15, -0.1) is 0 Å². The Morgan fingerprint density at radius 3 is 2.61 bits per heavy atom. The van der Waals surface area contributed by atoms with E-state index in [2.05, 4.69) is 22.2 Å². The number of phenolic OH excluding ortho intramolecular Hbond substituents is 1. The number of nitrogens with one attached hydrogen (secondary N) is 3. The van der Waals surface area contributed by atoms with Crippen molar-refractivity contribution in [3.8, 4) is 5.75 Å². The fourth-order valence-corrected chi connectivity index (χ4v) is 2.25. The molecule has 0 spiro atoms. The van der Waals surface area contributed by atoms with Gasteiger partial charge in [-0.05, 0) is 37.6 Å². The highest BCUT2D eigenvalue weighted by atomic mass is 16.3. The lowest BCUT2D eigenvalue weighted by atomic mass is 10.0. The Labute approximate surface area is 136 Å². The molecule has 0 fully saturated rings. The van der Waals surface area contributed by atoms with Crippen LogP contribution < -0.4 is 10.6 Å². The first-order valence-electron chi connectivity index (χ1n) is 7.45. The van der Waals surface area contributed by atoms with Crippen LogP contribution in [0.15, 0.2) is 37.0 Å². The number of pyridine rings is 1. The van der Waals surface area contributed by atoms with Gasteiger partial charge in [0.1, 0.15) is 11.4 Å². The second-order valence-corrected chi connectivity index (χ2v) is 5.52. The van der Waals surface area contributed by atoms with E-state index in [0.29, 0.717) is 16.9 Å². The van der Waals surface area contributed by atoms with Crippen molar-refractivity contribution in [1.29, 1.82) is 5.41 Å². The normalized spacial score (nSPS) is 10.4. The molecule has 0 saturated heterocycles. The molecule has 0 aliphatic heterocycles. The molecule has 0 unspecified atom stereocenters. The maximum atomic E-state index is 9.98. The predicted molar refractivity (Wildman–Crippen MR) is 96.7 cm³/mol. The smallest absolute Gasteiger partial charge is 0.139 e. The number of rotatable bonds is 6. The van der Waals surface area contributed by atoms with Crippen molar-refractivity contribution in [1.82, 2.24) is 4.98 Å². The molecule has 5 nitrogen and oxygen atoms in total. The molecular weight excluding hydrogens is 288 g/mol. The minimum Gasteiger partial charge on any atom is -0.506 e. The number of aromatic nitrogens is 1. The van der Waals surface area contributed by atoms with E-state index < -0.39 is 0 Å². The van der Waals surface area contributed by atoms with Crippen molar-refractivity contribution in [2.45, 2.75) is 19.9 Å². The molecule has 2 rings (SSSR count). The van der Waals surface area contributed by atoms with Crippen LogP contribution in [-0.4, -0.2) is 28.9 Å². The van der Waals surface area contributed by atoms with Gasteiger partial charge >= 0.3 is 0 Å². The standard InChI is InChI=1S/C18H22N4O/c1-5-12-8-15(22-11(2)3)18(21-10-12)17(19)13-6-7-14(20-4)16(23)9-13/h5-11,19-20,22-23H,1H2,2-4H3. The molecule has 2 aromatic rings. The summed E-state index contributed by atoms with van der Waals surface area (Å²) in [6, 6.07) is 7.23. The van der Waals surface area contributed by atoms with Crippen molar-refractivity contribution in [2.24, 2.45) is 0 Å². The van der Waals surface area contributed by atoms with Gasteiger partial charge in [-0.3, -0.25) is 10.4 Å². The van der Waals surface area contributed by atoms with E-state index in [1.807, 2.05) is 19.9 Å². The molecule has 0 amide bonds. The van der Waals surface area contributed by atoms with Crippen molar-refractivity contribution < 1.29 is 5.11 Å². The van der Waals surface area contributed by atoms with Crippen molar-refractivity contribution in [3.05, 3.63) is 53.9 Å². The van der Waals surface area contributed by atoms with Gasteiger partial charge in [-0.25, -0.2) is 0 Å². The van der Waals surface area contributed by atoms with Gasteiger partial charge in [0, 0.05) is 24.8 Å². The Kier molecular flexibility index (Phi) is 5.01. The van der Waals surface area contributed by atoms with Gasteiger partial charge in [0.05, 0.1) is 17.1 Å². The molecule has 0 aliphatic carbocycles. The number of phenols is 1. The Bertz CT molecular complexity index is 738. The zero-order chi connectivity index (χ0) is 17.0. The highest BCUT2D eigenvalue weighted by Crippen LogP contribution is 2.26. The lowest BCUT2D eigenvalue weighted by molar-refractivity contribution is 0.477. The van der Waals surface area contributed by atoms with E-state index in [9.17, 15) is 5.11 Å². The van der Waals surface area contributed by atoms with Crippen LogP contribution in [-0.2, 0) is 0 Å². The molecule has 1 aromatic carbocycles. The van der Waals surface area contributed by atoms with Crippen LogP contribution in [0.25, 0.3) is 6.08 Å². The number of hydrogen-bond donors (Lipinski definition) is 4. The highest BCUT2D eigenvalue weighted by Gasteiger charge is 2.14. The largest absolute Gasteiger partial charge is 0.506 e. The average Bonchev–Trinajstić information content (AvgIpc) is 2.53. The fraction of sp³-hybridized carbons (Fsp3) is 0.222. The molecule has 0 bridgehead atoms. The summed E-state index contributed by atoms with van der Waals surface area (Å²) in [5.41, 5.74) is 3.68. The molecule has 0 saturated carbocycles. The summed E-state index contributed by atoms with van der Waals surface area (Å²) >= 11 is 0. The Morgan fingerprint density at radius 2 is 2.04 bits per heavy atom. The summed E-state index contributed by atoms with van der Waals surface area (Å²) in [6.45, 7) is 7.81. The molecule has 1 heterocycles. The Balaban J connectivity index is 2.45. The summed E-state index contributed by atoms with van der Waals surface area (Å²) in [7, 11) is 1.74. The number of benzene rings is 1. The van der Waals surface area contributed by atoms with Crippen LogP contribution in [0.5, 0.6) is 5.75 Å². The maximum absolute atomic E-state index is 9.98. The van der Waals surface area contributed by atoms with E-state index in [1.54, 1.807) is 37.5 Å².